The van der Waals surface area contributed by atoms with E-state index in [0.717, 1.165) is 56.4 Å². The molecular formula is C27H36N6O2. The molecule has 0 saturated carbocycles. The summed E-state index contributed by atoms with van der Waals surface area (Å²) < 4.78 is 5.54. The molecule has 8 nitrogen and oxygen atoms in total. The van der Waals surface area contributed by atoms with E-state index in [9.17, 15) is 4.79 Å². The van der Waals surface area contributed by atoms with Gasteiger partial charge in [-0.2, -0.15) is 0 Å². The summed E-state index contributed by atoms with van der Waals surface area (Å²) in [6, 6.07) is 12.4. The van der Waals surface area contributed by atoms with Crippen LogP contribution in [0.15, 0.2) is 48.2 Å². The van der Waals surface area contributed by atoms with Crippen molar-refractivity contribution in [2.45, 2.75) is 26.3 Å². The van der Waals surface area contributed by atoms with Crippen molar-refractivity contribution in [1.29, 1.82) is 0 Å². The highest BCUT2D eigenvalue weighted by Gasteiger charge is 2.36. The number of fused-ring (bicyclic) bond motifs is 2. The molecule has 3 aliphatic heterocycles. The fourth-order valence-electron chi connectivity index (χ4n) is 5.47. The van der Waals surface area contributed by atoms with Crippen molar-refractivity contribution < 1.29 is 9.53 Å². The quantitative estimate of drug-likeness (QED) is 0.636. The number of anilines is 2. The monoisotopic (exact) mass is 476 g/mol. The number of hydrogen-bond donors (Lipinski definition) is 2. The van der Waals surface area contributed by atoms with E-state index in [1.165, 1.54) is 16.8 Å². The number of para-hydroxylation sites is 2. The lowest BCUT2D eigenvalue weighted by Gasteiger charge is -2.40. The topological polar surface area (TPSA) is 73.0 Å². The lowest BCUT2D eigenvalue weighted by molar-refractivity contribution is -0.121. The second-order valence-corrected chi connectivity index (χ2v) is 9.85. The molecule has 8 heteroatoms. The average molecular weight is 477 g/mol. The molecule has 3 aliphatic rings. The van der Waals surface area contributed by atoms with E-state index in [-0.39, 0.29) is 11.9 Å². The Balaban J connectivity index is 1.20. The summed E-state index contributed by atoms with van der Waals surface area (Å²) in [6.45, 7) is 10.8. The SMILES string of the molecule is COc1ccccc1N1CCN(CCNN2CC3=C(c4cccnc42)C(C(C)C)NC(=O)C3)CC1. The maximum Gasteiger partial charge on any atom is 0.224 e. The number of rotatable bonds is 7. The van der Waals surface area contributed by atoms with E-state index in [0.29, 0.717) is 18.9 Å². The van der Waals surface area contributed by atoms with Gasteiger partial charge in [0, 0.05) is 51.0 Å². The fourth-order valence-corrected chi connectivity index (χ4v) is 5.47. The largest absolute Gasteiger partial charge is 0.495 e. The number of piperazine rings is 1. The van der Waals surface area contributed by atoms with Gasteiger partial charge in [-0.1, -0.05) is 26.0 Å². The molecule has 1 atom stereocenters. The maximum atomic E-state index is 12.4. The van der Waals surface area contributed by atoms with Crippen molar-refractivity contribution in [1.82, 2.24) is 20.6 Å². The minimum atomic E-state index is 0.0379. The number of nitrogens with zero attached hydrogens (tertiary/aromatic N) is 4. The summed E-state index contributed by atoms with van der Waals surface area (Å²) in [4.78, 5) is 22.0. The van der Waals surface area contributed by atoms with Crippen LogP contribution in [0.4, 0.5) is 11.5 Å². The van der Waals surface area contributed by atoms with Crippen molar-refractivity contribution in [2.24, 2.45) is 5.92 Å². The van der Waals surface area contributed by atoms with Gasteiger partial charge in [-0.3, -0.25) is 14.7 Å². The zero-order valence-corrected chi connectivity index (χ0v) is 21.0. The Morgan fingerprint density at radius 2 is 1.94 bits per heavy atom. The Bertz CT molecular complexity index is 1090. The van der Waals surface area contributed by atoms with Gasteiger partial charge in [-0.15, -0.1) is 0 Å². The average Bonchev–Trinajstić information content (AvgIpc) is 2.88. The number of benzene rings is 1. The molecule has 2 aromatic rings. The summed E-state index contributed by atoms with van der Waals surface area (Å²) >= 11 is 0. The number of methoxy groups -OCH3 is 1. The van der Waals surface area contributed by atoms with E-state index >= 15 is 0 Å². The van der Waals surface area contributed by atoms with Crippen LogP contribution >= 0.6 is 0 Å². The van der Waals surface area contributed by atoms with Crippen LogP contribution in [0.2, 0.25) is 0 Å². The molecule has 1 fully saturated rings. The summed E-state index contributed by atoms with van der Waals surface area (Å²) in [6.07, 6.45) is 2.30. The number of nitrogens with one attached hydrogen (secondary N) is 2. The Hall–Kier alpha value is -3.10. The van der Waals surface area contributed by atoms with Gasteiger partial charge in [0.15, 0.2) is 5.82 Å². The molecule has 0 aliphatic carbocycles. The summed E-state index contributed by atoms with van der Waals surface area (Å²) in [5.74, 6) is 2.33. The number of hydrogen-bond acceptors (Lipinski definition) is 7. The van der Waals surface area contributed by atoms with Gasteiger partial charge in [-0.25, -0.2) is 10.4 Å². The first kappa shape index (κ1) is 23.6. The predicted octanol–water partition coefficient (Wildman–Crippen LogP) is 2.54. The van der Waals surface area contributed by atoms with Crippen LogP contribution in [-0.2, 0) is 4.79 Å². The van der Waals surface area contributed by atoms with E-state index in [1.807, 2.05) is 24.4 Å². The van der Waals surface area contributed by atoms with Gasteiger partial charge in [0.1, 0.15) is 5.75 Å². The number of amides is 1. The number of pyridine rings is 1. The van der Waals surface area contributed by atoms with E-state index < -0.39 is 0 Å². The minimum Gasteiger partial charge on any atom is -0.495 e. The highest BCUT2D eigenvalue weighted by molar-refractivity contribution is 5.93. The molecule has 1 aromatic carbocycles. The third-order valence-electron chi connectivity index (χ3n) is 7.26. The highest BCUT2D eigenvalue weighted by atomic mass is 16.5. The predicted molar refractivity (Wildman–Crippen MR) is 140 cm³/mol. The van der Waals surface area contributed by atoms with E-state index in [1.54, 1.807) is 7.11 Å². The Morgan fingerprint density at radius 1 is 1.14 bits per heavy atom. The minimum absolute atomic E-state index is 0.0379. The molecule has 4 heterocycles. The third-order valence-corrected chi connectivity index (χ3v) is 7.26. The number of carbonyl (C=O) groups is 1. The fraction of sp³-hybridized carbons (Fsp3) is 0.481. The highest BCUT2D eigenvalue weighted by Crippen LogP contribution is 2.39. The molecule has 1 amide bonds. The van der Waals surface area contributed by atoms with Crippen LogP contribution in [0.1, 0.15) is 25.8 Å². The van der Waals surface area contributed by atoms with Crippen molar-refractivity contribution in [2.75, 3.05) is 62.8 Å². The zero-order chi connectivity index (χ0) is 24.4. The van der Waals surface area contributed by atoms with Crippen LogP contribution < -0.4 is 25.4 Å². The lowest BCUT2D eigenvalue weighted by atomic mass is 9.81. The molecule has 0 bridgehead atoms. The zero-order valence-electron chi connectivity index (χ0n) is 21.0. The maximum absolute atomic E-state index is 12.4. The lowest BCUT2D eigenvalue weighted by Crippen LogP contribution is -2.52. The Labute approximate surface area is 207 Å². The molecule has 186 valence electrons. The van der Waals surface area contributed by atoms with Crippen LogP contribution in [0.5, 0.6) is 5.75 Å². The molecule has 5 rings (SSSR count). The van der Waals surface area contributed by atoms with Crippen molar-refractivity contribution >= 4 is 23.0 Å². The number of hydrazine groups is 1. The van der Waals surface area contributed by atoms with Crippen molar-refractivity contribution in [3.8, 4) is 5.75 Å². The van der Waals surface area contributed by atoms with Gasteiger partial charge in [0.2, 0.25) is 5.91 Å². The van der Waals surface area contributed by atoms with Crippen molar-refractivity contribution in [3.63, 3.8) is 0 Å². The molecule has 0 radical (unpaired) electrons. The summed E-state index contributed by atoms with van der Waals surface area (Å²) in [5, 5.41) is 5.33. The second-order valence-electron chi connectivity index (χ2n) is 9.85. The smallest absolute Gasteiger partial charge is 0.224 e. The molecule has 1 saturated heterocycles. The Morgan fingerprint density at radius 3 is 2.71 bits per heavy atom. The second kappa shape index (κ2) is 10.3. The van der Waals surface area contributed by atoms with Crippen LogP contribution in [0.3, 0.4) is 0 Å². The number of carbonyl (C=O) groups excluding carboxylic acids is 1. The molecule has 1 unspecified atom stereocenters. The van der Waals surface area contributed by atoms with E-state index in [2.05, 4.69) is 57.6 Å². The first-order valence-electron chi connectivity index (χ1n) is 12.6. The molecular weight excluding hydrogens is 440 g/mol. The van der Waals surface area contributed by atoms with Gasteiger partial charge in [-0.05, 0) is 41.3 Å². The normalized spacial score (nSPS) is 20.6. The molecule has 2 N–H and O–H groups in total. The summed E-state index contributed by atoms with van der Waals surface area (Å²) in [5.41, 5.74) is 8.37. The summed E-state index contributed by atoms with van der Waals surface area (Å²) in [7, 11) is 1.73. The molecule has 0 spiro atoms. The first-order chi connectivity index (χ1) is 17.0. The van der Waals surface area contributed by atoms with Gasteiger partial charge < -0.3 is 15.0 Å². The first-order valence-corrected chi connectivity index (χ1v) is 12.6. The molecule has 1 aromatic heterocycles. The number of aromatic nitrogens is 1. The van der Waals surface area contributed by atoms with Gasteiger partial charge >= 0.3 is 0 Å². The van der Waals surface area contributed by atoms with Crippen LogP contribution in [0, 0.1) is 5.92 Å². The van der Waals surface area contributed by atoms with E-state index in [4.69, 9.17) is 9.72 Å². The van der Waals surface area contributed by atoms with Gasteiger partial charge in [0.05, 0.1) is 31.8 Å². The number of ether oxygens (including phenoxy) is 1. The van der Waals surface area contributed by atoms with Crippen molar-refractivity contribution in [3.05, 3.63) is 53.7 Å². The third kappa shape index (κ3) is 4.86. The Kier molecular flexibility index (Phi) is 6.92. The molecule has 35 heavy (non-hydrogen) atoms. The van der Waals surface area contributed by atoms with Gasteiger partial charge in [0.25, 0.3) is 0 Å². The standard InChI is InChI=1S/C27H36N6O2/c1-19(2)26-25-20(17-24(34)30-26)18-33(27-21(25)7-6-10-28-27)29-11-12-31-13-15-32(16-14-31)22-8-4-5-9-23(22)35-3/h4-10,19,26,29H,11-18H2,1-3H3,(H,30,34). The van der Waals surface area contributed by atoms with Crippen LogP contribution in [-0.4, -0.2) is 74.8 Å². The van der Waals surface area contributed by atoms with Crippen LogP contribution in [0.25, 0.3) is 5.57 Å².